The van der Waals surface area contributed by atoms with Crippen molar-refractivity contribution >= 4 is 45.2 Å². The molecular formula is C30H25F3N4OS. The smallest absolute Gasteiger partial charge is 0.406 e. The molecule has 0 aliphatic heterocycles. The molecule has 0 atom stereocenters. The number of aryl methyl sites for hydroxylation is 2. The molecule has 0 aliphatic carbocycles. The van der Waals surface area contributed by atoms with Gasteiger partial charge in [-0.2, -0.15) is 5.10 Å². The Labute approximate surface area is 229 Å². The second-order valence-electron chi connectivity index (χ2n) is 9.28. The molecule has 0 spiro atoms. The summed E-state index contributed by atoms with van der Waals surface area (Å²) < 4.78 is 43.2. The van der Waals surface area contributed by atoms with E-state index in [0.29, 0.717) is 12.1 Å². The number of aromatic nitrogens is 2. The SMILES string of the molecule is Cc1cccc(C)c1CC(=S)N(C)/N=C/c1ccc2c(ccc3c2ncn3-c2ccc(OC(F)(F)F)cc2)c1. The molecule has 9 heteroatoms. The van der Waals surface area contributed by atoms with Gasteiger partial charge < -0.3 is 4.74 Å². The van der Waals surface area contributed by atoms with Crippen molar-refractivity contribution in [3.05, 3.63) is 101 Å². The quantitative estimate of drug-likeness (QED) is 0.125. The van der Waals surface area contributed by atoms with Crippen LogP contribution in [0.25, 0.3) is 27.5 Å². The van der Waals surface area contributed by atoms with Gasteiger partial charge in [0.2, 0.25) is 0 Å². The van der Waals surface area contributed by atoms with Gasteiger partial charge in [-0.15, -0.1) is 13.2 Å². The van der Waals surface area contributed by atoms with Gasteiger partial charge in [0.1, 0.15) is 17.1 Å². The Bertz CT molecular complexity index is 1690. The van der Waals surface area contributed by atoms with Crippen molar-refractivity contribution in [1.29, 1.82) is 0 Å². The molecule has 0 N–H and O–H groups in total. The maximum atomic E-state index is 12.5. The van der Waals surface area contributed by atoms with Crippen LogP contribution in [0.2, 0.25) is 0 Å². The number of hydrogen-bond acceptors (Lipinski definition) is 4. The lowest BCUT2D eigenvalue weighted by Gasteiger charge is -2.16. The lowest BCUT2D eigenvalue weighted by atomic mass is 10.0. The Balaban J connectivity index is 1.35. The van der Waals surface area contributed by atoms with Crippen LogP contribution < -0.4 is 4.74 Å². The van der Waals surface area contributed by atoms with Crippen molar-refractivity contribution in [2.75, 3.05) is 7.05 Å². The zero-order chi connectivity index (χ0) is 27.7. The zero-order valence-electron chi connectivity index (χ0n) is 21.5. The van der Waals surface area contributed by atoms with Crippen LogP contribution in [0, 0.1) is 13.8 Å². The lowest BCUT2D eigenvalue weighted by molar-refractivity contribution is -0.274. The number of thiocarbonyl (C=S) groups is 1. The molecule has 0 amide bonds. The number of nitrogens with zero attached hydrogens (tertiary/aromatic N) is 4. The Hall–Kier alpha value is -4.24. The fourth-order valence-electron chi connectivity index (χ4n) is 4.53. The lowest BCUT2D eigenvalue weighted by Crippen LogP contribution is -2.22. The van der Waals surface area contributed by atoms with E-state index in [0.717, 1.165) is 32.4 Å². The number of fused-ring (bicyclic) bond motifs is 3. The highest BCUT2D eigenvalue weighted by atomic mass is 32.1. The molecule has 0 bridgehead atoms. The van der Waals surface area contributed by atoms with Crippen molar-refractivity contribution < 1.29 is 17.9 Å². The van der Waals surface area contributed by atoms with E-state index >= 15 is 0 Å². The third-order valence-electron chi connectivity index (χ3n) is 6.62. The summed E-state index contributed by atoms with van der Waals surface area (Å²) in [5.74, 6) is -0.271. The van der Waals surface area contributed by atoms with E-state index in [1.807, 2.05) is 48.0 Å². The molecule has 198 valence electrons. The van der Waals surface area contributed by atoms with Crippen LogP contribution >= 0.6 is 12.2 Å². The second-order valence-corrected chi connectivity index (χ2v) is 9.75. The van der Waals surface area contributed by atoms with E-state index in [2.05, 4.69) is 40.8 Å². The van der Waals surface area contributed by atoms with E-state index in [1.54, 1.807) is 29.7 Å². The number of alkyl halides is 3. The Morgan fingerprint density at radius 3 is 2.44 bits per heavy atom. The Morgan fingerprint density at radius 1 is 1.03 bits per heavy atom. The van der Waals surface area contributed by atoms with Crippen molar-refractivity contribution in [3.63, 3.8) is 0 Å². The highest BCUT2D eigenvalue weighted by molar-refractivity contribution is 7.80. The summed E-state index contributed by atoms with van der Waals surface area (Å²) in [6, 6.07) is 21.8. The van der Waals surface area contributed by atoms with Gasteiger partial charge in [-0.1, -0.05) is 48.6 Å². The van der Waals surface area contributed by atoms with Crippen LogP contribution in [-0.4, -0.2) is 39.2 Å². The summed E-state index contributed by atoms with van der Waals surface area (Å²) in [5.41, 5.74) is 6.88. The predicted molar refractivity (Wildman–Crippen MR) is 153 cm³/mol. The first-order chi connectivity index (χ1) is 18.6. The maximum Gasteiger partial charge on any atom is 0.573 e. The van der Waals surface area contributed by atoms with Gasteiger partial charge >= 0.3 is 6.36 Å². The predicted octanol–water partition coefficient (Wildman–Crippen LogP) is 7.53. The minimum absolute atomic E-state index is 0.271. The Morgan fingerprint density at radius 2 is 1.74 bits per heavy atom. The molecule has 0 unspecified atom stereocenters. The first-order valence-electron chi connectivity index (χ1n) is 12.2. The minimum atomic E-state index is -4.73. The summed E-state index contributed by atoms with van der Waals surface area (Å²) in [4.78, 5) is 5.31. The average molecular weight is 547 g/mol. The molecule has 0 radical (unpaired) electrons. The fraction of sp³-hybridized carbons (Fsp3) is 0.167. The van der Waals surface area contributed by atoms with Crippen molar-refractivity contribution in [1.82, 2.24) is 14.6 Å². The third kappa shape index (κ3) is 5.78. The van der Waals surface area contributed by atoms with Crippen molar-refractivity contribution in [2.24, 2.45) is 5.10 Å². The van der Waals surface area contributed by atoms with Crippen LogP contribution in [0.1, 0.15) is 22.3 Å². The van der Waals surface area contributed by atoms with Crippen LogP contribution in [0.3, 0.4) is 0 Å². The summed E-state index contributed by atoms with van der Waals surface area (Å²) in [7, 11) is 1.85. The first-order valence-corrected chi connectivity index (χ1v) is 12.6. The highest BCUT2D eigenvalue weighted by Crippen LogP contribution is 2.29. The molecule has 0 aliphatic rings. The molecule has 39 heavy (non-hydrogen) atoms. The van der Waals surface area contributed by atoms with E-state index in [1.165, 1.54) is 28.8 Å². The molecular weight excluding hydrogens is 521 g/mol. The summed E-state index contributed by atoms with van der Waals surface area (Å²) in [6.45, 7) is 4.18. The zero-order valence-corrected chi connectivity index (χ0v) is 22.3. The summed E-state index contributed by atoms with van der Waals surface area (Å²) in [5, 5.41) is 8.23. The molecule has 5 rings (SSSR count). The molecule has 5 aromatic rings. The van der Waals surface area contributed by atoms with E-state index in [4.69, 9.17) is 12.2 Å². The van der Waals surface area contributed by atoms with Crippen LogP contribution in [0.5, 0.6) is 5.75 Å². The van der Waals surface area contributed by atoms with Crippen LogP contribution in [0.4, 0.5) is 13.2 Å². The minimum Gasteiger partial charge on any atom is -0.406 e. The van der Waals surface area contributed by atoms with Gasteiger partial charge in [0.15, 0.2) is 0 Å². The van der Waals surface area contributed by atoms with Crippen LogP contribution in [0.15, 0.2) is 84.2 Å². The second kappa shape index (κ2) is 10.5. The van der Waals surface area contributed by atoms with Gasteiger partial charge in [0.25, 0.3) is 0 Å². The first kappa shape index (κ1) is 26.4. The largest absolute Gasteiger partial charge is 0.573 e. The van der Waals surface area contributed by atoms with Gasteiger partial charge in [-0.05, 0) is 77.9 Å². The standard InChI is InChI=1S/C30H25F3N4OS/c1-19-5-4-6-20(2)26(19)16-28(39)36(3)35-17-21-7-13-25-22(15-21)8-14-27-29(25)34-18-37(27)23-9-11-24(12-10-23)38-30(31,32)33/h4-15,17-18H,16H2,1-3H3/b35-17+. The third-order valence-corrected chi connectivity index (χ3v) is 7.03. The normalized spacial score (nSPS) is 11.9. The van der Waals surface area contributed by atoms with Gasteiger partial charge in [0.05, 0.1) is 17.2 Å². The monoisotopic (exact) mass is 546 g/mol. The topological polar surface area (TPSA) is 42.7 Å². The fourth-order valence-corrected chi connectivity index (χ4v) is 4.73. The van der Waals surface area contributed by atoms with Crippen molar-refractivity contribution in [3.8, 4) is 11.4 Å². The number of hydrazone groups is 1. The molecule has 5 nitrogen and oxygen atoms in total. The molecule has 4 aromatic carbocycles. The highest BCUT2D eigenvalue weighted by Gasteiger charge is 2.31. The van der Waals surface area contributed by atoms with Gasteiger partial charge in [-0.3, -0.25) is 9.58 Å². The van der Waals surface area contributed by atoms with Crippen LogP contribution in [-0.2, 0) is 6.42 Å². The van der Waals surface area contributed by atoms with Gasteiger partial charge in [0, 0.05) is 24.5 Å². The molecule has 0 saturated heterocycles. The molecule has 0 saturated carbocycles. The number of likely N-dealkylation sites (N-methyl/N-ethyl adjacent to an activating group) is 1. The summed E-state index contributed by atoms with van der Waals surface area (Å²) >= 11 is 5.64. The maximum absolute atomic E-state index is 12.5. The molecule has 1 heterocycles. The number of imidazole rings is 1. The number of benzene rings is 4. The Kier molecular flexibility index (Phi) is 7.10. The molecule has 0 fully saturated rings. The number of hydrogen-bond donors (Lipinski definition) is 0. The van der Waals surface area contributed by atoms with Crippen molar-refractivity contribution in [2.45, 2.75) is 26.6 Å². The number of halogens is 3. The van der Waals surface area contributed by atoms with E-state index in [9.17, 15) is 13.2 Å². The van der Waals surface area contributed by atoms with E-state index in [-0.39, 0.29) is 5.75 Å². The molecule has 1 aromatic heterocycles. The number of ether oxygens (including phenoxy) is 1. The van der Waals surface area contributed by atoms with Gasteiger partial charge in [-0.25, -0.2) is 4.98 Å². The summed E-state index contributed by atoms with van der Waals surface area (Å²) in [6.07, 6.45) is -0.638. The number of rotatable bonds is 6. The average Bonchev–Trinajstić information content (AvgIpc) is 3.33. The van der Waals surface area contributed by atoms with E-state index < -0.39 is 6.36 Å².